The molecule has 1 fully saturated rings. The second-order valence-corrected chi connectivity index (χ2v) is 8.09. The molecule has 8 heteroatoms. The van der Waals surface area contributed by atoms with Crippen LogP contribution in [0, 0.1) is 13.8 Å². The van der Waals surface area contributed by atoms with Crippen LogP contribution >= 0.6 is 11.8 Å². The molecule has 2 aromatic rings. The molecule has 3 N–H and O–H groups in total. The molecule has 150 valence electrons. The van der Waals surface area contributed by atoms with Crippen LogP contribution in [0.5, 0.6) is 0 Å². The second kappa shape index (κ2) is 9.25. The molecule has 1 saturated heterocycles. The highest BCUT2D eigenvalue weighted by molar-refractivity contribution is 7.98. The highest BCUT2D eigenvalue weighted by Gasteiger charge is 2.23. The van der Waals surface area contributed by atoms with Gasteiger partial charge in [0.1, 0.15) is 5.76 Å². The van der Waals surface area contributed by atoms with Gasteiger partial charge in [-0.25, -0.2) is 0 Å². The third kappa shape index (κ3) is 5.14. The van der Waals surface area contributed by atoms with Crippen molar-refractivity contribution in [3.63, 3.8) is 0 Å². The Morgan fingerprint density at radius 3 is 2.64 bits per heavy atom. The summed E-state index contributed by atoms with van der Waals surface area (Å²) in [7, 11) is 0. The Morgan fingerprint density at radius 1 is 1.29 bits per heavy atom. The highest BCUT2D eigenvalue weighted by Crippen LogP contribution is 2.29. The number of amides is 2. The lowest BCUT2D eigenvalue weighted by Crippen LogP contribution is -2.46. The van der Waals surface area contributed by atoms with Crippen LogP contribution in [0.25, 0.3) is 0 Å². The fourth-order valence-electron chi connectivity index (χ4n) is 3.36. The van der Waals surface area contributed by atoms with Gasteiger partial charge in [0.2, 0.25) is 5.91 Å². The van der Waals surface area contributed by atoms with E-state index in [0.717, 1.165) is 47.8 Å². The zero-order chi connectivity index (χ0) is 20.1. The van der Waals surface area contributed by atoms with Crippen molar-refractivity contribution in [3.8, 4) is 0 Å². The van der Waals surface area contributed by atoms with Crippen LogP contribution < -0.4 is 11.1 Å². The number of aryl methyl sites for hydroxylation is 2. The SMILES string of the molecule is Cc1noc(C)c1CSc1ccccc1C(=O)NC1CCN(CC(N)=O)CC1. The standard InChI is InChI=1S/C20H26N4O3S/c1-13-17(14(2)27-23-13)12-28-18-6-4-3-5-16(18)20(26)22-15-7-9-24(10-8-15)11-19(21)25/h3-6,15H,7-12H2,1-2H3,(H2,21,25)(H,22,26). The van der Waals surface area contributed by atoms with Crippen LogP contribution in [0.1, 0.15) is 40.2 Å². The molecule has 1 aliphatic heterocycles. The molecule has 0 aliphatic carbocycles. The van der Waals surface area contributed by atoms with Crippen LogP contribution in [-0.4, -0.2) is 47.5 Å². The molecule has 2 amide bonds. The number of carbonyl (C=O) groups excluding carboxylic acids is 2. The molecule has 0 radical (unpaired) electrons. The minimum absolute atomic E-state index is 0.0600. The number of rotatable bonds is 7. The maximum absolute atomic E-state index is 12.8. The first-order chi connectivity index (χ1) is 13.4. The van der Waals surface area contributed by atoms with Gasteiger partial charge in [0.15, 0.2) is 0 Å². The number of nitrogens with zero attached hydrogens (tertiary/aromatic N) is 2. The van der Waals surface area contributed by atoms with Gasteiger partial charge in [0.05, 0.1) is 17.8 Å². The van der Waals surface area contributed by atoms with E-state index in [9.17, 15) is 9.59 Å². The maximum atomic E-state index is 12.8. The van der Waals surface area contributed by atoms with Crippen molar-refractivity contribution in [1.29, 1.82) is 0 Å². The molecule has 1 aromatic heterocycles. The number of likely N-dealkylation sites (tertiary alicyclic amines) is 1. The van der Waals surface area contributed by atoms with E-state index in [1.807, 2.05) is 43.0 Å². The Hall–Kier alpha value is -2.32. The molecule has 0 saturated carbocycles. The van der Waals surface area contributed by atoms with Gasteiger partial charge in [0.25, 0.3) is 5.91 Å². The lowest BCUT2D eigenvalue weighted by Gasteiger charge is -2.31. The summed E-state index contributed by atoms with van der Waals surface area (Å²) < 4.78 is 5.22. The first-order valence-corrected chi connectivity index (χ1v) is 10.4. The largest absolute Gasteiger partial charge is 0.369 e. The summed E-state index contributed by atoms with van der Waals surface area (Å²) in [6.45, 7) is 5.63. The number of carbonyl (C=O) groups is 2. The number of primary amides is 1. The molecule has 7 nitrogen and oxygen atoms in total. The van der Waals surface area contributed by atoms with E-state index in [1.165, 1.54) is 0 Å². The summed E-state index contributed by atoms with van der Waals surface area (Å²) in [4.78, 5) is 26.8. The van der Waals surface area contributed by atoms with Crippen molar-refractivity contribution in [2.24, 2.45) is 5.73 Å². The zero-order valence-electron chi connectivity index (χ0n) is 16.2. The number of nitrogens with one attached hydrogen (secondary N) is 1. The Labute approximate surface area is 169 Å². The van der Waals surface area contributed by atoms with Crippen LogP contribution in [0.4, 0.5) is 0 Å². The van der Waals surface area contributed by atoms with Gasteiger partial charge < -0.3 is 15.6 Å². The van der Waals surface area contributed by atoms with Crippen LogP contribution in [0.3, 0.4) is 0 Å². The summed E-state index contributed by atoms with van der Waals surface area (Å²) in [5.41, 5.74) is 7.89. The fraction of sp³-hybridized carbons (Fsp3) is 0.450. The number of hydrogen-bond donors (Lipinski definition) is 2. The zero-order valence-corrected chi connectivity index (χ0v) is 17.1. The molecular formula is C20H26N4O3S. The molecule has 3 rings (SSSR count). The van der Waals surface area contributed by atoms with Crippen molar-refractivity contribution in [3.05, 3.63) is 46.8 Å². The third-order valence-corrected chi connectivity index (χ3v) is 6.09. The van der Waals surface area contributed by atoms with E-state index in [1.54, 1.807) is 11.8 Å². The lowest BCUT2D eigenvalue weighted by atomic mass is 10.0. The predicted octanol–water partition coefficient (Wildman–Crippen LogP) is 2.26. The molecular weight excluding hydrogens is 376 g/mol. The Bertz CT molecular complexity index is 824. The first-order valence-electron chi connectivity index (χ1n) is 9.39. The van der Waals surface area contributed by atoms with Crippen molar-refractivity contribution < 1.29 is 14.1 Å². The van der Waals surface area contributed by atoms with Gasteiger partial charge in [-0.1, -0.05) is 17.3 Å². The summed E-state index contributed by atoms with van der Waals surface area (Å²) in [6, 6.07) is 7.75. The molecule has 2 heterocycles. The molecule has 0 atom stereocenters. The van der Waals surface area contributed by atoms with Crippen LogP contribution in [0.2, 0.25) is 0 Å². The number of aromatic nitrogens is 1. The summed E-state index contributed by atoms with van der Waals surface area (Å²) in [5.74, 6) is 1.15. The molecule has 1 aliphatic rings. The minimum atomic E-state index is -0.313. The average molecular weight is 403 g/mol. The Morgan fingerprint density at radius 2 is 2.00 bits per heavy atom. The molecule has 1 aromatic carbocycles. The smallest absolute Gasteiger partial charge is 0.252 e. The Kier molecular flexibility index (Phi) is 6.74. The van der Waals surface area contributed by atoms with Gasteiger partial charge in [-0.3, -0.25) is 14.5 Å². The topological polar surface area (TPSA) is 101 Å². The van der Waals surface area contributed by atoms with Crippen molar-refractivity contribution >= 4 is 23.6 Å². The van der Waals surface area contributed by atoms with Crippen LogP contribution in [-0.2, 0) is 10.5 Å². The molecule has 0 unspecified atom stereocenters. The van der Waals surface area contributed by atoms with Gasteiger partial charge >= 0.3 is 0 Å². The second-order valence-electron chi connectivity index (χ2n) is 7.08. The highest BCUT2D eigenvalue weighted by atomic mass is 32.2. The van der Waals surface area contributed by atoms with Crippen molar-refractivity contribution in [1.82, 2.24) is 15.4 Å². The minimum Gasteiger partial charge on any atom is -0.369 e. The van der Waals surface area contributed by atoms with E-state index in [4.69, 9.17) is 10.3 Å². The van der Waals surface area contributed by atoms with E-state index < -0.39 is 0 Å². The summed E-state index contributed by atoms with van der Waals surface area (Å²) in [6.07, 6.45) is 1.63. The quantitative estimate of drug-likeness (QED) is 0.689. The first kappa shape index (κ1) is 20.4. The predicted molar refractivity (Wildman–Crippen MR) is 108 cm³/mol. The third-order valence-electron chi connectivity index (χ3n) is 4.99. The Balaban J connectivity index is 1.59. The van der Waals surface area contributed by atoms with Gasteiger partial charge in [-0.2, -0.15) is 0 Å². The number of benzene rings is 1. The van der Waals surface area contributed by atoms with E-state index in [0.29, 0.717) is 11.3 Å². The lowest BCUT2D eigenvalue weighted by molar-refractivity contribution is -0.119. The van der Waals surface area contributed by atoms with Gasteiger partial charge in [-0.15, -0.1) is 11.8 Å². The van der Waals surface area contributed by atoms with E-state index in [-0.39, 0.29) is 24.4 Å². The summed E-state index contributed by atoms with van der Waals surface area (Å²) in [5, 5.41) is 7.13. The molecule has 0 bridgehead atoms. The maximum Gasteiger partial charge on any atom is 0.252 e. The molecule has 0 spiro atoms. The number of thioether (sulfide) groups is 1. The molecule has 28 heavy (non-hydrogen) atoms. The van der Waals surface area contributed by atoms with Gasteiger partial charge in [-0.05, 0) is 38.8 Å². The van der Waals surface area contributed by atoms with Crippen LogP contribution in [0.15, 0.2) is 33.7 Å². The van der Waals surface area contributed by atoms with E-state index >= 15 is 0 Å². The van der Waals surface area contributed by atoms with Crippen molar-refractivity contribution in [2.45, 2.75) is 43.4 Å². The average Bonchev–Trinajstić information content (AvgIpc) is 2.99. The monoisotopic (exact) mass is 402 g/mol. The van der Waals surface area contributed by atoms with Gasteiger partial charge in [0, 0.05) is 35.3 Å². The number of nitrogens with two attached hydrogens (primary N) is 1. The number of hydrogen-bond acceptors (Lipinski definition) is 6. The number of piperidine rings is 1. The summed E-state index contributed by atoms with van der Waals surface area (Å²) >= 11 is 1.61. The normalized spacial score (nSPS) is 15.5. The van der Waals surface area contributed by atoms with E-state index in [2.05, 4.69) is 10.5 Å². The fourth-order valence-corrected chi connectivity index (χ4v) is 4.56. The van der Waals surface area contributed by atoms with Crippen molar-refractivity contribution in [2.75, 3.05) is 19.6 Å².